The van der Waals surface area contributed by atoms with Crippen LogP contribution in [0.2, 0.25) is 0 Å². The number of hydrogen-bond acceptors (Lipinski definition) is 1. The van der Waals surface area contributed by atoms with E-state index in [2.05, 4.69) is 33.4 Å². The number of anilines is 1. The van der Waals surface area contributed by atoms with Crippen molar-refractivity contribution in [3.05, 3.63) is 63.9 Å². The molecule has 86 valence electrons. The van der Waals surface area contributed by atoms with Crippen molar-refractivity contribution in [2.75, 3.05) is 5.32 Å². The Morgan fingerprint density at radius 3 is 2.88 bits per heavy atom. The van der Waals surface area contributed by atoms with Gasteiger partial charge in [-0.15, -0.1) is 0 Å². The molecule has 0 bridgehead atoms. The third-order valence-electron chi connectivity index (χ3n) is 3.07. The molecule has 0 amide bonds. The first-order valence-electron chi connectivity index (χ1n) is 5.53. The van der Waals surface area contributed by atoms with Gasteiger partial charge in [0, 0.05) is 10.2 Å². The lowest BCUT2D eigenvalue weighted by molar-refractivity contribution is 0.623. The van der Waals surface area contributed by atoms with Gasteiger partial charge in [0.15, 0.2) is 0 Å². The minimum absolute atomic E-state index is 0.176. The fraction of sp³-hybridized carbons (Fsp3) is 0.143. The van der Waals surface area contributed by atoms with Gasteiger partial charge in [-0.2, -0.15) is 0 Å². The number of benzene rings is 2. The van der Waals surface area contributed by atoms with Gasteiger partial charge in [-0.3, -0.25) is 0 Å². The van der Waals surface area contributed by atoms with Crippen molar-refractivity contribution in [3.63, 3.8) is 0 Å². The molecule has 0 aromatic heterocycles. The van der Waals surface area contributed by atoms with Gasteiger partial charge in [0.1, 0.15) is 5.82 Å². The van der Waals surface area contributed by atoms with Gasteiger partial charge < -0.3 is 5.32 Å². The highest BCUT2D eigenvalue weighted by Crippen LogP contribution is 2.35. The summed E-state index contributed by atoms with van der Waals surface area (Å²) in [5.41, 5.74) is 3.41. The third-order valence-corrected chi connectivity index (χ3v) is 3.57. The summed E-state index contributed by atoms with van der Waals surface area (Å²) in [6.45, 7) is 0. The summed E-state index contributed by atoms with van der Waals surface area (Å²) in [5, 5.41) is 3.42. The molecule has 1 unspecified atom stereocenters. The molecule has 2 aromatic carbocycles. The fourth-order valence-corrected chi connectivity index (χ4v) is 2.66. The quantitative estimate of drug-likeness (QED) is 0.826. The van der Waals surface area contributed by atoms with Crippen molar-refractivity contribution >= 4 is 21.6 Å². The largest absolute Gasteiger partial charge is 0.378 e. The topological polar surface area (TPSA) is 12.0 Å². The molecule has 3 heteroatoms. The highest BCUT2D eigenvalue weighted by molar-refractivity contribution is 9.10. The van der Waals surface area contributed by atoms with E-state index in [-0.39, 0.29) is 11.9 Å². The summed E-state index contributed by atoms with van der Waals surface area (Å²) in [5.74, 6) is -0.179. The van der Waals surface area contributed by atoms with E-state index in [1.54, 1.807) is 12.1 Å². The van der Waals surface area contributed by atoms with E-state index in [1.807, 2.05) is 12.1 Å². The van der Waals surface area contributed by atoms with Crippen molar-refractivity contribution in [3.8, 4) is 0 Å². The lowest BCUT2D eigenvalue weighted by Gasteiger charge is -2.11. The molecule has 0 fully saturated rings. The molecule has 0 saturated carbocycles. The third kappa shape index (κ3) is 2.07. The van der Waals surface area contributed by atoms with E-state index >= 15 is 0 Å². The summed E-state index contributed by atoms with van der Waals surface area (Å²) >= 11 is 3.46. The van der Waals surface area contributed by atoms with E-state index in [1.165, 1.54) is 11.6 Å². The van der Waals surface area contributed by atoms with Crippen LogP contribution in [-0.4, -0.2) is 0 Å². The Balaban J connectivity index is 1.91. The zero-order valence-corrected chi connectivity index (χ0v) is 10.7. The van der Waals surface area contributed by atoms with Crippen LogP contribution < -0.4 is 5.32 Å². The maximum Gasteiger partial charge on any atom is 0.123 e. The second-order valence-corrected chi connectivity index (χ2v) is 5.17. The van der Waals surface area contributed by atoms with Crippen LogP contribution in [0.5, 0.6) is 0 Å². The average Bonchev–Trinajstić information content (AvgIpc) is 2.72. The van der Waals surface area contributed by atoms with Crippen molar-refractivity contribution in [2.24, 2.45) is 0 Å². The summed E-state index contributed by atoms with van der Waals surface area (Å²) in [6.07, 6.45) is 0.901. The Labute approximate surface area is 108 Å². The molecule has 0 radical (unpaired) electrons. The number of halogens is 2. The highest BCUT2D eigenvalue weighted by atomic mass is 79.9. The van der Waals surface area contributed by atoms with Crippen LogP contribution >= 0.6 is 15.9 Å². The van der Waals surface area contributed by atoms with Crippen LogP contribution in [0.3, 0.4) is 0 Å². The number of fused-ring (bicyclic) bond motifs is 1. The zero-order chi connectivity index (χ0) is 11.8. The summed E-state index contributed by atoms with van der Waals surface area (Å²) in [7, 11) is 0. The summed E-state index contributed by atoms with van der Waals surface area (Å²) < 4.78 is 14.3. The van der Waals surface area contributed by atoms with Crippen LogP contribution in [0.4, 0.5) is 10.1 Å². The summed E-state index contributed by atoms with van der Waals surface area (Å²) in [4.78, 5) is 0. The molecule has 0 aliphatic carbocycles. The number of rotatable bonds is 1. The van der Waals surface area contributed by atoms with Gasteiger partial charge in [0.2, 0.25) is 0 Å². The van der Waals surface area contributed by atoms with E-state index in [0.717, 1.165) is 22.1 Å². The van der Waals surface area contributed by atoms with Gasteiger partial charge in [0.05, 0.1) is 6.04 Å². The van der Waals surface area contributed by atoms with Crippen LogP contribution in [0.1, 0.15) is 17.2 Å². The first-order chi connectivity index (χ1) is 8.22. The maximum absolute atomic E-state index is 13.2. The summed E-state index contributed by atoms with van der Waals surface area (Å²) in [6, 6.07) is 13.1. The first kappa shape index (κ1) is 10.8. The monoisotopic (exact) mass is 291 g/mol. The lowest BCUT2D eigenvalue weighted by Crippen LogP contribution is -2.05. The predicted octanol–water partition coefficient (Wildman–Crippen LogP) is 4.30. The molecule has 1 nitrogen and oxygen atoms in total. The van der Waals surface area contributed by atoms with Gasteiger partial charge >= 0.3 is 0 Å². The van der Waals surface area contributed by atoms with Gasteiger partial charge in [-0.25, -0.2) is 4.39 Å². The van der Waals surface area contributed by atoms with Gasteiger partial charge in [-0.05, 0) is 47.9 Å². The lowest BCUT2D eigenvalue weighted by atomic mass is 10.0. The molecule has 1 aliphatic heterocycles. The zero-order valence-electron chi connectivity index (χ0n) is 9.08. The molecule has 1 atom stereocenters. The number of nitrogens with one attached hydrogen (secondary N) is 1. The van der Waals surface area contributed by atoms with Gasteiger partial charge in [-0.1, -0.05) is 28.1 Å². The molecular weight excluding hydrogens is 281 g/mol. The van der Waals surface area contributed by atoms with Crippen molar-refractivity contribution in [1.82, 2.24) is 0 Å². The molecule has 2 aromatic rings. The Morgan fingerprint density at radius 1 is 1.18 bits per heavy atom. The van der Waals surface area contributed by atoms with Gasteiger partial charge in [0.25, 0.3) is 0 Å². The predicted molar refractivity (Wildman–Crippen MR) is 70.6 cm³/mol. The smallest absolute Gasteiger partial charge is 0.123 e. The van der Waals surface area contributed by atoms with Crippen LogP contribution in [0.15, 0.2) is 46.9 Å². The second kappa shape index (κ2) is 4.15. The molecular formula is C14H11BrFN. The molecule has 1 N–H and O–H groups in total. The maximum atomic E-state index is 13.2. The fourth-order valence-electron chi connectivity index (χ4n) is 2.26. The molecule has 0 saturated heterocycles. The van der Waals surface area contributed by atoms with E-state index in [0.29, 0.717) is 0 Å². The molecule has 3 rings (SSSR count). The standard InChI is InChI=1S/C14H11BrFN/c15-11-4-5-13-10(6-11)8-14(17-13)9-2-1-3-12(16)7-9/h1-7,14,17H,8H2. The Bertz CT molecular complexity index is 568. The molecule has 17 heavy (non-hydrogen) atoms. The molecule has 0 spiro atoms. The van der Waals surface area contributed by atoms with Crippen LogP contribution in [0.25, 0.3) is 0 Å². The number of hydrogen-bond donors (Lipinski definition) is 1. The van der Waals surface area contributed by atoms with Crippen molar-refractivity contribution in [1.29, 1.82) is 0 Å². The minimum atomic E-state index is -0.179. The normalized spacial score (nSPS) is 17.6. The average molecular weight is 292 g/mol. The van der Waals surface area contributed by atoms with E-state index < -0.39 is 0 Å². The van der Waals surface area contributed by atoms with E-state index in [9.17, 15) is 4.39 Å². The Kier molecular flexibility index (Phi) is 2.63. The SMILES string of the molecule is Fc1cccc(C2Cc3cc(Br)ccc3N2)c1. The van der Waals surface area contributed by atoms with Crippen LogP contribution in [-0.2, 0) is 6.42 Å². The van der Waals surface area contributed by atoms with Crippen molar-refractivity contribution in [2.45, 2.75) is 12.5 Å². The minimum Gasteiger partial charge on any atom is -0.378 e. The Hall–Kier alpha value is -1.35. The molecule has 1 aliphatic rings. The van der Waals surface area contributed by atoms with E-state index in [4.69, 9.17) is 0 Å². The Morgan fingerprint density at radius 2 is 2.06 bits per heavy atom. The molecule has 1 heterocycles. The second-order valence-electron chi connectivity index (χ2n) is 4.26. The van der Waals surface area contributed by atoms with Crippen LogP contribution in [0, 0.1) is 5.82 Å². The highest BCUT2D eigenvalue weighted by Gasteiger charge is 2.22. The van der Waals surface area contributed by atoms with Crippen molar-refractivity contribution < 1.29 is 4.39 Å². The first-order valence-corrected chi connectivity index (χ1v) is 6.32.